The Morgan fingerprint density at radius 1 is 1.46 bits per heavy atom. The molecule has 1 aliphatic rings. The van der Waals surface area contributed by atoms with E-state index in [9.17, 15) is 4.79 Å². The van der Waals surface area contributed by atoms with Gasteiger partial charge in [0, 0.05) is 12.8 Å². The van der Waals surface area contributed by atoms with Crippen LogP contribution in [-0.4, -0.2) is 30.8 Å². The van der Waals surface area contributed by atoms with E-state index < -0.39 is 5.54 Å². The Hall–Kier alpha value is -0.610. The second-order valence-electron chi connectivity index (χ2n) is 3.94. The first kappa shape index (κ1) is 10.5. The molecule has 0 aromatic rings. The van der Waals surface area contributed by atoms with Gasteiger partial charge in [-0.2, -0.15) is 0 Å². The lowest BCUT2D eigenvalue weighted by atomic mass is 10.1. The first-order chi connectivity index (χ1) is 6.00. The highest BCUT2D eigenvalue weighted by molar-refractivity contribution is 5.79. The fourth-order valence-electron chi connectivity index (χ4n) is 1.10. The van der Waals surface area contributed by atoms with Crippen LogP contribution in [0.2, 0.25) is 0 Å². The van der Waals surface area contributed by atoms with Gasteiger partial charge in [-0.15, -0.1) is 0 Å². The van der Waals surface area contributed by atoms with E-state index in [0.29, 0.717) is 13.2 Å². The van der Waals surface area contributed by atoms with E-state index in [0.717, 1.165) is 12.8 Å². The molecule has 0 bridgehead atoms. The summed E-state index contributed by atoms with van der Waals surface area (Å²) in [6.07, 6.45) is 1.55. The topological polar surface area (TPSA) is 61.6 Å². The van der Waals surface area contributed by atoms with Crippen LogP contribution >= 0.6 is 0 Å². The summed E-state index contributed by atoms with van der Waals surface area (Å²) in [7, 11) is 0. The van der Waals surface area contributed by atoms with Crippen molar-refractivity contribution in [2.75, 3.05) is 13.2 Å². The molecular weight excluding hydrogens is 170 g/mol. The lowest BCUT2D eigenvalue weighted by Gasteiger charge is -2.25. The smallest absolute Gasteiger partial charge is 0.325 e. The van der Waals surface area contributed by atoms with Crippen LogP contribution in [0.4, 0.5) is 0 Å². The van der Waals surface area contributed by atoms with Crippen LogP contribution in [0, 0.1) is 0 Å². The molecule has 1 heterocycles. The van der Waals surface area contributed by atoms with Crippen molar-refractivity contribution in [3.63, 3.8) is 0 Å². The van der Waals surface area contributed by atoms with Gasteiger partial charge in [-0.1, -0.05) is 0 Å². The first-order valence-electron chi connectivity index (χ1n) is 4.58. The van der Waals surface area contributed by atoms with Gasteiger partial charge in [0.2, 0.25) is 0 Å². The minimum atomic E-state index is -0.891. The van der Waals surface area contributed by atoms with Crippen molar-refractivity contribution in [2.24, 2.45) is 5.73 Å². The highest BCUT2D eigenvalue weighted by Gasteiger charge is 2.27. The van der Waals surface area contributed by atoms with Gasteiger partial charge < -0.3 is 15.2 Å². The zero-order valence-corrected chi connectivity index (χ0v) is 8.21. The van der Waals surface area contributed by atoms with Crippen molar-refractivity contribution in [3.8, 4) is 0 Å². The molecule has 0 unspecified atom stereocenters. The average molecular weight is 187 g/mol. The highest BCUT2D eigenvalue weighted by atomic mass is 16.6. The summed E-state index contributed by atoms with van der Waals surface area (Å²) in [5, 5.41) is 0. The molecule has 0 aromatic carbocycles. The van der Waals surface area contributed by atoms with Crippen LogP contribution in [-0.2, 0) is 14.3 Å². The normalized spacial score (nSPS) is 19.9. The van der Waals surface area contributed by atoms with E-state index in [-0.39, 0.29) is 12.1 Å². The average Bonchev–Trinajstić information content (AvgIpc) is 2.04. The summed E-state index contributed by atoms with van der Waals surface area (Å²) < 4.78 is 10.4. The maximum absolute atomic E-state index is 11.3. The number of hydrogen-bond donors (Lipinski definition) is 1. The predicted molar refractivity (Wildman–Crippen MR) is 48.2 cm³/mol. The number of esters is 1. The van der Waals surface area contributed by atoms with Gasteiger partial charge in [0.15, 0.2) is 0 Å². The molecule has 4 heteroatoms. The van der Waals surface area contributed by atoms with E-state index >= 15 is 0 Å². The third-order valence-electron chi connectivity index (χ3n) is 1.97. The number of nitrogens with two attached hydrogens (primary N) is 1. The third kappa shape index (κ3) is 3.32. The van der Waals surface area contributed by atoms with Gasteiger partial charge in [0.1, 0.15) is 11.6 Å². The third-order valence-corrected chi connectivity index (χ3v) is 1.97. The van der Waals surface area contributed by atoms with Crippen molar-refractivity contribution in [2.45, 2.75) is 38.3 Å². The molecule has 13 heavy (non-hydrogen) atoms. The SMILES string of the molecule is CC(C)(N)C(=O)OC1CCOCC1. The molecule has 0 radical (unpaired) electrons. The van der Waals surface area contributed by atoms with Crippen LogP contribution in [0.3, 0.4) is 0 Å². The zero-order chi connectivity index (χ0) is 9.90. The van der Waals surface area contributed by atoms with Crippen LogP contribution in [0.25, 0.3) is 0 Å². The van der Waals surface area contributed by atoms with Gasteiger partial charge >= 0.3 is 5.97 Å². The maximum Gasteiger partial charge on any atom is 0.325 e. The summed E-state index contributed by atoms with van der Waals surface area (Å²) in [5.74, 6) is -0.334. The molecule has 0 aromatic heterocycles. The lowest BCUT2D eigenvalue weighted by Crippen LogP contribution is -2.45. The Morgan fingerprint density at radius 2 is 2.00 bits per heavy atom. The van der Waals surface area contributed by atoms with Crippen LogP contribution < -0.4 is 5.73 Å². The Kier molecular flexibility index (Phi) is 3.27. The Morgan fingerprint density at radius 3 is 2.46 bits per heavy atom. The monoisotopic (exact) mass is 187 g/mol. The summed E-state index contributed by atoms with van der Waals surface area (Å²) in [4.78, 5) is 11.3. The molecule has 0 aliphatic carbocycles. The number of rotatable bonds is 2. The minimum Gasteiger partial charge on any atom is -0.461 e. The van der Waals surface area contributed by atoms with Gasteiger partial charge in [0.25, 0.3) is 0 Å². The van der Waals surface area contributed by atoms with Crippen molar-refractivity contribution in [1.29, 1.82) is 0 Å². The number of hydrogen-bond acceptors (Lipinski definition) is 4. The molecule has 0 amide bonds. The Labute approximate surface area is 78.4 Å². The summed E-state index contributed by atoms with van der Waals surface area (Å²) in [5.41, 5.74) is 4.70. The Balaban J connectivity index is 2.35. The summed E-state index contributed by atoms with van der Waals surface area (Å²) in [6, 6.07) is 0. The first-order valence-corrected chi connectivity index (χ1v) is 4.58. The van der Waals surface area contributed by atoms with E-state index in [1.54, 1.807) is 13.8 Å². The minimum absolute atomic E-state index is 0.0101. The molecule has 1 fully saturated rings. The standard InChI is InChI=1S/C9H17NO3/c1-9(2,10)8(11)13-7-3-5-12-6-4-7/h7H,3-6,10H2,1-2H3. The highest BCUT2D eigenvalue weighted by Crippen LogP contribution is 2.13. The summed E-state index contributed by atoms with van der Waals surface area (Å²) in [6.45, 7) is 4.63. The molecule has 2 N–H and O–H groups in total. The fourth-order valence-corrected chi connectivity index (χ4v) is 1.10. The fraction of sp³-hybridized carbons (Fsp3) is 0.889. The number of carbonyl (C=O) groups excluding carboxylic acids is 1. The molecule has 0 spiro atoms. The lowest BCUT2D eigenvalue weighted by molar-refractivity contribution is -0.158. The van der Waals surface area contributed by atoms with Crippen LogP contribution in [0.1, 0.15) is 26.7 Å². The maximum atomic E-state index is 11.3. The summed E-state index contributed by atoms with van der Waals surface area (Å²) >= 11 is 0. The molecule has 0 saturated carbocycles. The van der Waals surface area contributed by atoms with Crippen molar-refractivity contribution in [3.05, 3.63) is 0 Å². The van der Waals surface area contributed by atoms with Crippen molar-refractivity contribution < 1.29 is 14.3 Å². The second-order valence-corrected chi connectivity index (χ2v) is 3.94. The van der Waals surface area contributed by atoms with E-state index in [4.69, 9.17) is 15.2 Å². The molecule has 0 atom stereocenters. The van der Waals surface area contributed by atoms with E-state index in [1.165, 1.54) is 0 Å². The van der Waals surface area contributed by atoms with Gasteiger partial charge in [-0.25, -0.2) is 0 Å². The molecule has 1 aliphatic heterocycles. The van der Waals surface area contributed by atoms with Crippen molar-refractivity contribution in [1.82, 2.24) is 0 Å². The zero-order valence-electron chi connectivity index (χ0n) is 8.21. The largest absolute Gasteiger partial charge is 0.461 e. The number of ether oxygens (including phenoxy) is 2. The van der Waals surface area contributed by atoms with Gasteiger partial charge in [0.05, 0.1) is 13.2 Å². The molecule has 76 valence electrons. The van der Waals surface area contributed by atoms with Crippen LogP contribution in [0.15, 0.2) is 0 Å². The van der Waals surface area contributed by atoms with Crippen LogP contribution in [0.5, 0.6) is 0 Å². The van der Waals surface area contributed by atoms with Gasteiger partial charge in [-0.05, 0) is 13.8 Å². The number of carbonyl (C=O) groups is 1. The van der Waals surface area contributed by atoms with E-state index in [1.807, 2.05) is 0 Å². The molecule has 4 nitrogen and oxygen atoms in total. The molecular formula is C9H17NO3. The predicted octanol–water partition coefficient (Wildman–Crippen LogP) is 0.446. The quantitative estimate of drug-likeness (QED) is 0.637. The second kappa shape index (κ2) is 4.07. The van der Waals surface area contributed by atoms with Gasteiger partial charge in [-0.3, -0.25) is 4.79 Å². The van der Waals surface area contributed by atoms with Crippen molar-refractivity contribution >= 4 is 5.97 Å². The van der Waals surface area contributed by atoms with E-state index in [2.05, 4.69) is 0 Å². The Bertz CT molecular complexity index is 180. The molecule has 1 rings (SSSR count). The molecule has 1 saturated heterocycles.